The number of benzene rings is 1. The molecular weight excluding hydrogens is 439 g/mol. The Morgan fingerprint density at radius 1 is 0.971 bits per heavy atom. The molecule has 5 unspecified atom stereocenters. The predicted molar refractivity (Wildman–Crippen MR) is 146 cm³/mol. The van der Waals surface area contributed by atoms with E-state index >= 15 is 0 Å². The third-order valence-electron chi connectivity index (χ3n) is 7.58. The van der Waals surface area contributed by atoms with E-state index in [1.165, 1.54) is 47.1 Å². The minimum absolute atomic E-state index is 0.00975. The summed E-state index contributed by atoms with van der Waals surface area (Å²) in [6.07, 6.45) is 14.1. The Morgan fingerprint density at radius 2 is 1.71 bits per heavy atom. The van der Waals surface area contributed by atoms with E-state index in [9.17, 15) is 0 Å². The van der Waals surface area contributed by atoms with Crippen LogP contribution in [0.5, 0.6) is 5.75 Å². The van der Waals surface area contributed by atoms with Gasteiger partial charge in [0, 0.05) is 11.5 Å². The minimum Gasteiger partial charge on any atom is -0.426 e. The highest BCUT2D eigenvalue weighted by atomic mass is 31.2. The molecule has 2 aliphatic rings. The van der Waals surface area contributed by atoms with Crippen LogP contribution in [-0.4, -0.2) is 12.7 Å². The third-order valence-corrected chi connectivity index (χ3v) is 8.78. The molecule has 34 heavy (non-hydrogen) atoms. The van der Waals surface area contributed by atoms with Crippen LogP contribution in [0.2, 0.25) is 0 Å². The van der Waals surface area contributed by atoms with Crippen molar-refractivity contribution < 1.29 is 13.6 Å². The first-order chi connectivity index (χ1) is 16.5. The summed E-state index contributed by atoms with van der Waals surface area (Å²) in [5.41, 5.74) is 6.74. The van der Waals surface area contributed by atoms with Gasteiger partial charge >= 0.3 is 8.60 Å². The van der Waals surface area contributed by atoms with Gasteiger partial charge in [0.2, 0.25) is 0 Å². The topological polar surface area (TPSA) is 27.7 Å². The summed E-state index contributed by atoms with van der Waals surface area (Å²) in [5.74, 6) is 2.42. The molecule has 1 heterocycles. The van der Waals surface area contributed by atoms with E-state index in [1.54, 1.807) is 0 Å². The monoisotopic (exact) mass is 486 g/mol. The first-order valence-electron chi connectivity index (χ1n) is 13.8. The van der Waals surface area contributed by atoms with E-state index in [4.69, 9.17) is 13.6 Å². The average Bonchev–Trinajstić information content (AvgIpc) is 3.01. The molecule has 0 amide bonds. The molecule has 3 nitrogen and oxygen atoms in total. The SMILES string of the molecule is CCCCc1cc(C(C)CC)cc2c1OP(OCC)OC1C2=CC(C(C)CC)=CC1CCCC. The second kappa shape index (κ2) is 13.2. The summed E-state index contributed by atoms with van der Waals surface area (Å²) in [7, 11) is -1.43. The number of allylic oxidation sites excluding steroid dienone is 2. The van der Waals surface area contributed by atoms with E-state index in [0.717, 1.165) is 37.9 Å². The summed E-state index contributed by atoms with van der Waals surface area (Å²) >= 11 is 0. The molecular formula is C30H47O3P. The van der Waals surface area contributed by atoms with Crippen molar-refractivity contribution >= 4 is 14.2 Å². The quantitative estimate of drug-likeness (QED) is 0.275. The van der Waals surface area contributed by atoms with Crippen molar-refractivity contribution in [3.63, 3.8) is 0 Å². The predicted octanol–water partition coefficient (Wildman–Crippen LogP) is 9.76. The molecule has 1 aromatic carbocycles. The van der Waals surface area contributed by atoms with Crippen molar-refractivity contribution in [1.29, 1.82) is 0 Å². The van der Waals surface area contributed by atoms with Gasteiger partial charge in [-0.15, -0.1) is 0 Å². The lowest BCUT2D eigenvalue weighted by Gasteiger charge is -2.32. The maximum atomic E-state index is 6.70. The van der Waals surface area contributed by atoms with Gasteiger partial charge in [-0.2, -0.15) is 0 Å². The lowest BCUT2D eigenvalue weighted by Crippen LogP contribution is -2.26. The van der Waals surface area contributed by atoms with Crippen molar-refractivity contribution in [2.75, 3.05) is 6.61 Å². The molecule has 0 spiro atoms. The first kappa shape index (κ1) is 27.4. The fraction of sp³-hybridized carbons (Fsp3) is 0.667. The smallest absolute Gasteiger partial charge is 0.397 e. The van der Waals surface area contributed by atoms with Crippen LogP contribution in [0, 0.1) is 11.8 Å². The van der Waals surface area contributed by atoms with E-state index < -0.39 is 8.60 Å². The van der Waals surface area contributed by atoms with Crippen LogP contribution < -0.4 is 4.52 Å². The lowest BCUT2D eigenvalue weighted by atomic mass is 9.77. The zero-order valence-corrected chi connectivity index (χ0v) is 23.5. The number of fused-ring (bicyclic) bond motifs is 3. The maximum Gasteiger partial charge on any atom is 0.397 e. The highest BCUT2D eigenvalue weighted by Crippen LogP contribution is 2.55. The molecule has 0 N–H and O–H groups in total. The molecule has 3 rings (SSSR count). The van der Waals surface area contributed by atoms with E-state index in [-0.39, 0.29) is 6.10 Å². The van der Waals surface area contributed by atoms with Crippen molar-refractivity contribution in [3.05, 3.63) is 46.5 Å². The third kappa shape index (κ3) is 6.34. The van der Waals surface area contributed by atoms with Gasteiger partial charge in [-0.05, 0) is 79.2 Å². The second-order valence-corrected chi connectivity index (χ2v) is 11.2. The van der Waals surface area contributed by atoms with Crippen LogP contribution in [0.4, 0.5) is 0 Å². The normalized spacial score (nSPS) is 23.7. The molecule has 1 aromatic rings. The summed E-state index contributed by atoms with van der Waals surface area (Å²) in [4.78, 5) is 0. The van der Waals surface area contributed by atoms with Gasteiger partial charge in [0.05, 0.1) is 12.7 Å². The van der Waals surface area contributed by atoms with Gasteiger partial charge in [-0.25, -0.2) is 0 Å². The van der Waals surface area contributed by atoms with Gasteiger partial charge in [-0.3, -0.25) is 4.52 Å². The average molecular weight is 487 g/mol. The molecule has 0 saturated heterocycles. The maximum absolute atomic E-state index is 6.70. The van der Waals surface area contributed by atoms with Gasteiger partial charge < -0.3 is 9.05 Å². The second-order valence-electron chi connectivity index (χ2n) is 10.1. The molecule has 190 valence electrons. The van der Waals surface area contributed by atoms with Crippen LogP contribution >= 0.6 is 8.60 Å². The van der Waals surface area contributed by atoms with E-state index in [0.29, 0.717) is 24.4 Å². The molecule has 0 saturated carbocycles. The molecule has 1 aliphatic heterocycles. The standard InChI is InChI=1S/C30H47O3P/c1-8-13-15-23-17-25(21(6)10-3)19-27-28-20-26(22(7)11-4)18-24(16-14-9-2)30(28)33-34(31-12-5)32-29(23)27/h17-23,29H,8-16H2,1-7H3. The van der Waals surface area contributed by atoms with Crippen LogP contribution in [0.1, 0.15) is 116 Å². The lowest BCUT2D eigenvalue weighted by molar-refractivity contribution is 0.156. The highest BCUT2D eigenvalue weighted by molar-refractivity contribution is 7.42. The number of hydrogen-bond donors (Lipinski definition) is 0. The van der Waals surface area contributed by atoms with Crippen LogP contribution in [-0.2, 0) is 15.5 Å². The van der Waals surface area contributed by atoms with Crippen molar-refractivity contribution in [1.82, 2.24) is 0 Å². The summed E-state index contributed by atoms with van der Waals surface area (Å²) in [6.45, 7) is 16.4. The van der Waals surface area contributed by atoms with Gasteiger partial charge in [-0.1, -0.05) is 79.0 Å². The molecule has 1 aliphatic carbocycles. The molecule has 0 aromatic heterocycles. The minimum atomic E-state index is -1.43. The number of hydrogen-bond acceptors (Lipinski definition) is 3. The Labute approximate surface area is 210 Å². The van der Waals surface area contributed by atoms with Gasteiger partial charge in [0.15, 0.2) is 0 Å². The van der Waals surface area contributed by atoms with Crippen LogP contribution in [0.15, 0.2) is 29.9 Å². The van der Waals surface area contributed by atoms with Crippen molar-refractivity contribution in [2.45, 2.75) is 112 Å². The Kier molecular flexibility index (Phi) is 10.7. The molecule has 0 bridgehead atoms. The molecule has 0 fully saturated rings. The van der Waals surface area contributed by atoms with Gasteiger partial charge in [0.25, 0.3) is 0 Å². The molecule has 4 heteroatoms. The van der Waals surface area contributed by atoms with Crippen LogP contribution in [0.25, 0.3) is 5.57 Å². The Balaban J connectivity index is 2.21. The fourth-order valence-electron chi connectivity index (χ4n) is 4.92. The zero-order chi connectivity index (χ0) is 24.7. The van der Waals surface area contributed by atoms with E-state index in [1.807, 2.05) is 6.92 Å². The summed E-state index contributed by atoms with van der Waals surface area (Å²) < 4.78 is 19.4. The van der Waals surface area contributed by atoms with Gasteiger partial charge in [0.1, 0.15) is 5.75 Å². The number of aryl methyl sites for hydroxylation is 1. The number of unbranched alkanes of at least 4 members (excludes halogenated alkanes) is 2. The zero-order valence-electron chi connectivity index (χ0n) is 22.7. The van der Waals surface area contributed by atoms with Crippen molar-refractivity contribution in [2.24, 2.45) is 11.8 Å². The highest BCUT2D eigenvalue weighted by Gasteiger charge is 2.39. The van der Waals surface area contributed by atoms with Crippen LogP contribution in [0.3, 0.4) is 0 Å². The Bertz CT molecular complexity index is 859. The Hall–Kier alpha value is -1.15. The molecule has 0 radical (unpaired) electrons. The number of rotatable bonds is 12. The Morgan fingerprint density at radius 3 is 2.35 bits per heavy atom. The summed E-state index contributed by atoms with van der Waals surface area (Å²) in [6, 6.07) is 4.80. The summed E-state index contributed by atoms with van der Waals surface area (Å²) in [5, 5.41) is 0. The molecule has 5 atom stereocenters. The first-order valence-corrected chi connectivity index (χ1v) is 14.9. The largest absolute Gasteiger partial charge is 0.426 e. The fourth-order valence-corrected chi connectivity index (χ4v) is 6.11. The van der Waals surface area contributed by atoms with E-state index in [2.05, 4.69) is 65.8 Å². The van der Waals surface area contributed by atoms with Crippen molar-refractivity contribution in [3.8, 4) is 5.75 Å².